The third-order valence-corrected chi connectivity index (χ3v) is 6.58. The van der Waals surface area contributed by atoms with Gasteiger partial charge in [-0.3, -0.25) is 14.5 Å². The highest BCUT2D eigenvalue weighted by molar-refractivity contribution is 7.13. The van der Waals surface area contributed by atoms with Crippen molar-refractivity contribution in [2.75, 3.05) is 13.1 Å². The van der Waals surface area contributed by atoms with Gasteiger partial charge >= 0.3 is 6.03 Å². The first kappa shape index (κ1) is 21.2. The smallest absolute Gasteiger partial charge is 0.325 e. The summed E-state index contributed by atoms with van der Waals surface area (Å²) in [5, 5.41) is 16.3. The first-order valence-electron chi connectivity index (χ1n) is 9.73. The number of thiophene rings is 2. The van der Waals surface area contributed by atoms with E-state index in [0.29, 0.717) is 30.3 Å². The van der Waals surface area contributed by atoms with Crippen molar-refractivity contribution in [3.8, 4) is 10.8 Å². The molecule has 1 atom stereocenters. The zero-order valence-corrected chi connectivity index (χ0v) is 18.7. The Balaban J connectivity index is 1.46. The van der Waals surface area contributed by atoms with E-state index in [1.807, 2.05) is 35.2 Å². The molecule has 0 aromatic carbocycles. The zero-order valence-electron chi connectivity index (χ0n) is 17.0. The molecule has 31 heavy (non-hydrogen) atoms. The van der Waals surface area contributed by atoms with Crippen molar-refractivity contribution in [2.45, 2.75) is 32.4 Å². The van der Waals surface area contributed by atoms with Crippen LogP contribution in [0.5, 0.6) is 0 Å². The number of urea groups is 1. The third-order valence-electron chi connectivity index (χ3n) is 5.04. The number of carbonyl (C=O) groups is 3. The van der Waals surface area contributed by atoms with Crippen LogP contribution in [0.15, 0.2) is 38.8 Å². The van der Waals surface area contributed by atoms with Crippen LogP contribution < -0.4 is 5.32 Å². The molecular weight excluding hydrogens is 438 g/mol. The fourth-order valence-electron chi connectivity index (χ4n) is 3.36. The van der Waals surface area contributed by atoms with Crippen LogP contribution in [0.25, 0.3) is 10.8 Å². The molecule has 1 fully saturated rings. The van der Waals surface area contributed by atoms with E-state index >= 15 is 0 Å². The summed E-state index contributed by atoms with van der Waals surface area (Å²) in [6.07, 6.45) is 0.699. The van der Waals surface area contributed by atoms with Gasteiger partial charge in [0, 0.05) is 6.54 Å². The van der Waals surface area contributed by atoms with Crippen molar-refractivity contribution in [3.63, 3.8) is 0 Å². The van der Waals surface area contributed by atoms with Gasteiger partial charge in [0.1, 0.15) is 12.1 Å². The van der Waals surface area contributed by atoms with Gasteiger partial charge < -0.3 is 14.6 Å². The summed E-state index contributed by atoms with van der Waals surface area (Å²) in [6, 6.07) is 4.97. The maximum atomic E-state index is 13.0. The summed E-state index contributed by atoms with van der Waals surface area (Å²) in [5.74, 6) is -0.116. The Hall–Kier alpha value is -3.05. The van der Waals surface area contributed by atoms with E-state index in [1.165, 1.54) is 27.6 Å². The second kappa shape index (κ2) is 8.60. The number of nitrogens with zero attached hydrogens (tertiary/aromatic N) is 4. The van der Waals surface area contributed by atoms with Gasteiger partial charge in [0.2, 0.25) is 11.8 Å². The maximum absolute atomic E-state index is 13.0. The Kier molecular flexibility index (Phi) is 5.88. The lowest BCUT2D eigenvalue weighted by Gasteiger charge is -2.24. The van der Waals surface area contributed by atoms with Gasteiger partial charge in [-0.2, -0.15) is 11.3 Å². The molecular formula is C20H21N5O4S2. The van der Waals surface area contributed by atoms with Crippen LogP contribution in [0, 0.1) is 0 Å². The van der Waals surface area contributed by atoms with Crippen molar-refractivity contribution in [1.29, 1.82) is 0 Å². The van der Waals surface area contributed by atoms with Gasteiger partial charge in [0.05, 0.1) is 11.4 Å². The van der Waals surface area contributed by atoms with E-state index in [1.54, 1.807) is 13.0 Å². The molecule has 9 nitrogen and oxygen atoms in total. The van der Waals surface area contributed by atoms with Crippen LogP contribution in [0.2, 0.25) is 0 Å². The fourth-order valence-corrected chi connectivity index (χ4v) is 4.77. The molecule has 11 heteroatoms. The normalized spacial score (nSPS) is 18.5. The second-order valence-corrected chi connectivity index (χ2v) is 8.98. The number of amides is 4. The van der Waals surface area contributed by atoms with Crippen molar-refractivity contribution in [2.24, 2.45) is 0 Å². The number of imide groups is 1. The predicted octanol–water partition coefficient (Wildman–Crippen LogP) is 3.07. The van der Waals surface area contributed by atoms with E-state index < -0.39 is 17.5 Å². The van der Waals surface area contributed by atoms with Gasteiger partial charge in [0.25, 0.3) is 11.8 Å². The molecule has 1 saturated heterocycles. The Labute approximate surface area is 186 Å². The van der Waals surface area contributed by atoms with Crippen molar-refractivity contribution in [3.05, 3.63) is 45.8 Å². The molecule has 0 aliphatic carbocycles. The average Bonchev–Trinajstić information content (AvgIpc) is 3.53. The SMILES string of the molecule is CCCN(Cc1nnc(-c2cccs2)o1)C(=O)CN1C(=O)NC(C)(c2ccsc2)C1=O. The van der Waals surface area contributed by atoms with E-state index in [0.717, 1.165) is 9.78 Å². The minimum Gasteiger partial charge on any atom is -0.418 e. The number of rotatable bonds is 8. The Morgan fingerprint density at radius 1 is 1.29 bits per heavy atom. The molecule has 0 saturated carbocycles. The number of carbonyl (C=O) groups excluding carboxylic acids is 3. The Bertz CT molecular complexity index is 1080. The lowest BCUT2D eigenvalue weighted by Crippen LogP contribution is -2.44. The molecule has 0 radical (unpaired) electrons. The third kappa shape index (κ3) is 4.10. The highest BCUT2D eigenvalue weighted by Gasteiger charge is 2.49. The largest absolute Gasteiger partial charge is 0.418 e. The monoisotopic (exact) mass is 459 g/mol. The molecule has 3 aromatic heterocycles. The first-order chi connectivity index (χ1) is 14.9. The second-order valence-electron chi connectivity index (χ2n) is 7.25. The number of hydrogen-bond acceptors (Lipinski definition) is 8. The molecule has 1 unspecified atom stereocenters. The number of aromatic nitrogens is 2. The first-order valence-corrected chi connectivity index (χ1v) is 11.6. The quantitative estimate of drug-likeness (QED) is 0.519. The van der Waals surface area contributed by atoms with Gasteiger partial charge in [-0.25, -0.2) is 4.79 Å². The summed E-state index contributed by atoms with van der Waals surface area (Å²) in [4.78, 5) is 41.8. The van der Waals surface area contributed by atoms with Crippen LogP contribution in [-0.4, -0.2) is 50.9 Å². The molecule has 1 aliphatic heterocycles. The molecule has 1 aliphatic rings. The minimum atomic E-state index is -1.17. The van der Waals surface area contributed by atoms with Crippen LogP contribution in [0.4, 0.5) is 4.79 Å². The summed E-state index contributed by atoms with van der Waals surface area (Å²) >= 11 is 2.92. The van der Waals surface area contributed by atoms with Gasteiger partial charge in [0.15, 0.2) is 0 Å². The van der Waals surface area contributed by atoms with Crippen LogP contribution in [0.3, 0.4) is 0 Å². The van der Waals surface area contributed by atoms with E-state index in [9.17, 15) is 14.4 Å². The molecule has 162 valence electrons. The standard InChI is InChI=1S/C20H21N5O4S2/c1-3-7-24(10-15-22-23-17(29-15)14-5-4-8-31-14)16(26)11-25-18(27)20(2,21-19(25)28)13-6-9-30-12-13/h4-6,8-9,12H,3,7,10-11H2,1-2H3,(H,21,28). The number of hydrogen-bond donors (Lipinski definition) is 1. The van der Waals surface area contributed by atoms with Gasteiger partial charge in [-0.1, -0.05) is 13.0 Å². The molecule has 4 heterocycles. The van der Waals surface area contributed by atoms with Crippen molar-refractivity contribution < 1.29 is 18.8 Å². The molecule has 3 aromatic rings. The number of nitrogens with one attached hydrogen (secondary N) is 1. The van der Waals surface area contributed by atoms with E-state index in [2.05, 4.69) is 15.5 Å². The Morgan fingerprint density at radius 3 is 2.81 bits per heavy atom. The summed E-state index contributed by atoms with van der Waals surface area (Å²) in [5.41, 5.74) is -0.474. The zero-order chi connectivity index (χ0) is 22.0. The molecule has 4 amide bonds. The van der Waals surface area contributed by atoms with Crippen LogP contribution in [-0.2, 0) is 21.7 Å². The average molecular weight is 460 g/mol. The van der Waals surface area contributed by atoms with E-state index in [4.69, 9.17) is 4.42 Å². The lowest BCUT2D eigenvalue weighted by molar-refractivity contribution is -0.139. The highest BCUT2D eigenvalue weighted by atomic mass is 32.1. The fraction of sp³-hybridized carbons (Fsp3) is 0.350. The minimum absolute atomic E-state index is 0.108. The van der Waals surface area contributed by atoms with Crippen molar-refractivity contribution >= 4 is 40.5 Å². The molecule has 0 spiro atoms. The van der Waals surface area contributed by atoms with Crippen molar-refractivity contribution in [1.82, 2.24) is 25.3 Å². The predicted molar refractivity (Wildman–Crippen MR) is 115 cm³/mol. The molecule has 0 bridgehead atoms. The maximum Gasteiger partial charge on any atom is 0.325 e. The van der Waals surface area contributed by atoms with Gasteiger partial charge in [-0.15, -0.1) is 21.5 Å². The summed E-state index contributed by atoms with van der Waals surface area (Å²) in [7, 11) is 0. The van der Waals surface area contributed by atoms with E-state index in [-0.39, 0.29) is 19.0 Å². The molecule has 4 rings (SSSR count). The molecule has 1 N–H and O–H groups in total. The summed E-state index contributed by atoms with van der Waals surface area (Å²) in [6.45, 7) is 3.77. The lowest BCUT2D eigenvalue weighted by atomic mass is 9.95. The highest BCUT2D eigenvalue weighted by Crippen LogP contribution is 2.30. The topological polar surface area (TPSA) is 109 Å². The van der Waals surface area contributed by atoms with Gasteiger partial charge in [-0.05, 0) is 47.2 Å². The summed E-state index contributed by atoms with van der Waals surface area (Å²) < 4.78 is 5.68. The Morgan fingerprint density at radius 2 is 2.13 bits per heavy atom. The van der Waals surface area contributed by atoms with Crippen LogP contribution in [0.1, 0.15) is 31.7 Å². The van der Waals surface area contributed by atoms with Crippen LogP contribution >= 0.6 is 22.7 Å².